The zero-order valence-electron chi connectivity index (χ0n) is 10.5. The lowest BCUT2D eigenvalue weighted by Crippen LogP contribution is -2.32. The molecule has 0 fully saturated rings. The first-order chi connectivity index (χ1) is 8.81. The number of halogens is 1. The highest BCUT2D eigenvalue weighted by atomic mass is 35.5. The van der Waals surface area contributed by atoms with Gasteiger partial charge < -0.3 is 5.11 Å². The molecule has 0 aliphatic carbocycles. The maximum absolute atomic E-state index is 12.0. The monoisotopic (exact) mass is 305 g/mol. The van der Waals surface area contributed by atoms with Gasteiger partial charge in [0.15, 0.2) is 0 Å². The Hall–Kier alpha value is -1.11. The lowest BCUT2D eigenvalue weighted by molar-refractivity contribution is -0.137. The van der Waals surface area contributed by atoms with Crippen LogP contribution in [0.1, 0.15) is 26.2 Å². The van der Waals surface area contributed by atoms with Crippen molar-refractivity contribution in [3.8, 4) is 0 Å². The van der Waals surface area contributed by atoms with E-state index in [1.807, 2.05) is 0 Å². The van der Waals surface area contributed by atoms with Crippen LogP contribution in [0.5, 0.6) is 0 Å². The summed E-state index contributed by atoms with van der Waals surface area (Å²) in [6, 6.07) is 5.65. The smallest absolute Gasteiger partial charge is 0.303 e. The Balaban J connectivity index is 2.62. The molecule has 1 unspecified atom stereocenters. The summed E-state index contributed by atoms with van der Waals surface area (Å²) in [6.07, 6.45) is 0.921. The molecule has 1 atom stereocenters. The van der Waals surface area contributed by atoms with Gasteiger partial charge in [0, 0.05) is 17.5 Å². The highest BCUT2D eigenvalue weighted by Crippen LogP contribution is 2.16. The molecule has 1 rings (SSSR count). The van der Waals surface area contributed by atoms with Crippen molar-refractivity contribution in [2.75, 3.05) is 0 Å². The van der Waals surface area contributed by atoms with Crippen LogP contribution in [0.2, 0.25) is 5.02 Å². The average Bonchev–Trinajstić information content (AvgIpc) is 2.27. The minimum atomic E-state index is -3.61. The molecule has 19 heavy (non-hydrogen) atoms. The van der Waals surface area contributed by atoms with Gasteiger partial charge in [0.25, 0.3) is 0 Å². The van der Waals surface area contributed by atoms with Gasteiger partial charge >= 0.3 is 5.97 Å². The molecular weight excluding hydrogens is 290 g/mol. The van der Waals surface area contributed by atoms with Crippen LogP contribution in [-0.2, 0) is 14.8 Å². The van der Waals surface area contributed by atoms with Gasteiger partial charge in [-0.15, -0.1) is 0 Å². The molecule has 0 aromatic heterocycles. The molecule has 0 heterocycles. The topological polar surface area (TPSA) is 83.5 Å². The molecule has 1 aromatic carbocycles. The van der Waals surface area contributed by atoms with Gasteiger partial charge in [-0.05, 0) is 38.0 Å². The van der Waals surface area contributed by atoms with Gasteiger partial charge in [-0.3, -0.25) is 4.79 Å². The van der Waals surface area contributed by atoms with Gasteiger partial charge in [-0.2, -0.15) is 0 Å². The fourth-order valence-electron chi connectivity index (χ4n) is 1.59. The second-order valence-corrected chi connectivity index (χ2v) is 6.42. The summed E-state index contributed by atoms with van der Waals surface area (Å²) in [4.78, 5) is 10.5. The molecule has 106 valence electrons. The van der Waals surface area contributed by atoms with E-state index in [4.69, 9.17) is 16.7 Å². The molecule has 0 aliphatic rings. The Bertz CT molecular complexity index is 544. The van der Waals surface area contributed by atoms with Gasteiger partial charge in [-0.1, -0.05) is 17.7 Å². The zero-order valence-corrected chi connectivity index (χ0v) is 12.0. The maximum atomic E-state index is 12.0. The summed E-state index contributed by atoms with van der Waals surface area (Å²) in [7, 11) is -3.61. The van der Waals surface area contributed by atoms with Crippen molar-refractivity contribution in [2.45, 2.75) is 37.1 Å². The molecule has 0 saturated carbocycles. The summed E-state index contributed by atoms with van der Waals surface area (Å²) < 4.78 is 26.5. The lowest BCUT2D eigenvalue weighted by Gasteiger charge is -2.13. The molecule has 0 bridgehead atoms. The van der Waals surface area contributed by atoms with Crippen molar-refractivity contribution in [2.24, 2.45) is 0 Å². The van der Waals surface area contributed by atoms with E-state index in [-0.39, 0.29) is 17.4 Å². The molecule has 0 spiro atoms. The molecular formula is C12H16ClNO4S. The second kappa shape index (κ2) is 6.88. The Morgan fingerprint density at radius 2 is 2.16 bits per heavy atom. The number of nitrogens with one attached hydrogen (secondary N) is 1. The summed E-state index contributed by atoms with van der Waals surface area (Å²) in [5.74, 6) is -0.884. The fourth-order valence-corrected chi connectivity index (χ4v) is 3.16. The molecule has 5 nitrogen and oxygen atoms in total. The van der Waals surface area contributed by atoms with E-state index < -0.39 is 16.0 Å². The number of carboxylic acids is 1. The summed E-state index contributed by atoms with van der Waals surface area (Å²) in [5, 5.41) is 8.86. The van der Waals surface area contributed by atoms with Gasteiger partial charge in [-0.25, -0.2) is 13.1 Å². The van der Waals surface area contributed by atoms with Crippen LogP contribution >= 0.6 is 11.6 Å². The van der Waals surface area contributed by atoms with Gasteiger partial charge in [0.05, 0.1) is 4.90 Å². The van der Waals surface area contributed by atoms with Crippen LogP contribution in [0.4, 0.5) is 0 Å². The third kappa shape index (κ3) is 5.59. The third-order valence-corrected chi connectivity index (χ3v) is 4.31. The second-order valence-electron chi connectivity index (χ2n) is 4.27. The standard InChI is InChI=1S/C12H16ClNO4S/c1-9(4-2-7-12(15)16)14-19(17,18)11-6-3-5-10(13)8-11/h3,5-6,8-9,14H,2,4,7H2,1H3,(H,15,16). The van der Waals surface area contributed by atoms with E-state index in [0.29, 0.717) is 17.9 Å². The number of rotatable bonds is 7. The minimum Gasteiger partial charge on any atom is -0.481 e. The molecule has 0 aliphatic heterocycles. The van der Waals surface area contributed by atoms with E-state index in [1.54, 1.807) is 19.1 Å². The lowest BCUT2D eigenvalue weighted by atomic mass is 10.1. The van der Waals surface area contributed by atoms with E-state index in [0.717, 1.165) is 0 Å². The quantitative estimate of drug-likeness (QED) is 0.809. The van der Waals surface area contributed by atoms with E-state index >= 15 is 0 Å². The zero-order chi connectivity index (χ0) is 14.5. The highest BCUT2D eigenvalue weighted by molar-refractivity contribution is 7.89. The summed E-state index contributed by atoms with van der Waals surface area (Å²) in [6.45, 7) is 1.70. The van der Waals surface area contributed by atoms with Crippen molar-refractivity contribution in [1.29, 1.82) is 0 Å². The van der Waals surface area contributed by atoms with Crippen molar-refractivity contribution < 1.29 is 18.3 Å². The first-order valence-electron chi connectivity index (χ1n) is 5.81. The number of benzene rings is 1. The Morgan fingerprint density at radius 3 is 2.74 bits per heavy atom. The van der Waals surface area contributed by atoms with Gasteiger partial charge in [0.2, 0.25) is 10.0 Å². The number of hydrogen-bond acceptors (Lipinski definition) is 3. The number of sulfonamides is 1. The average molecular weight is 306 g/mol. The van der Waals surface area contributed by atoms with Crippen LogP contribution in [0, 0.1) is 0 Å². The predicted molar refractivity (Wildman–Crippen MR) is 72.7 cm³/mol. The third-order valence-electron chi connectivity index (χ3n) is 2.49. The Kier molecular flexibility index (Phi) is 5.78. The highest BCUT2D eigenvalue weighted by Gasteiger charge is 2.17. The molecule has 1 aromatic rings. The fraction of sp³-hybridized carbons (Fsp3) is 0.417. The van der Waals surface area contributed by atoms with Crippen molar-refractivity contribution in [3.05, 3.63) is 29.3 Å². The molecule has 7 heteroatoms. The van der Waals surface area contributed by atoms with Crippen molar-refractivity contribution in [1.82, 2.24) is 4.72 Å². The van der Waals surface area contributed by atoms with Crippen LogP contribution < -0.4 is 4.72 Å². The minimum absolute atomic E-state index is 0.0310. The molecule has 0 saturated heterocycles. The van der Waals surface area contributed by atoms with Crippen LogP contribution in [-0.4, -0.2) is 25.5 Å². The first kappa shape index (κ1) is 15.9. The first-order valence-corrected chi connectivity index (χ1v) is 7.67. The summed E-state index contributed by atoms with van der Waals surface area (Å²) in [5.41, 5.74) is 0. The molecule has 2 N–H and O–H groups in total. The van der Waals surface area contributed by atoms with E-state index in [1.165, 1.54) is 12.1 Å². The predicted octanol–water partition coefficient (Wildman–Crippen LogP) is 2.26. The van der Waals surface area contributed by atoms with Gasteiger partial charge in [0.1, 0.15) is 0 Å². The SMILES string of the molecule is CC(CCCC(=O)O)NS(=O)(=O)c1cccc(Cl)c1. The number of carboxylic acid groups (broad SMARTS) is 1. The maximum Gasteiger partial charge on any atom is 0.303 e. The largest absolute Gasteiger partial charge is 0.481 e. The number of carbonyl (C=O) groups is 1. The van der Waals surface area contributed by atoms with E-state index in [9.17, 15) is 13.2 Å². The Morgan fingerprint density at radius 1 is 1.47 bits per heavy atom. The van der Waals surface area contributed by atoms with Crippen molar-refractivity contribution in [3.63, 3.8) is 0 Å². The number of hydrogen-bond donors (Lipinski definition) is 2. The molecule has 0 amide bonds. The van der Waals surface area contributed by atoms with E-state index in [2.05, 4.69) is 4.72 Å². The van der Waals surface area contributed by atoms with Crippen LogP contribution in [0.25, 0.3) is 0 Å². The molecule has 0 radical (unpaired) electrons. The number of aliphatic carboxylic acids is 1. The van der Waals surface area contributed by atoms with Crippen LogP contribution in [0.15, 0.2) is 29.2 Å². The summed E-state index contributed by atoms with van der Waals surface area (Å²) >= 11 is 5.75. The Labute approximate surface area is 117 Å². The van der Waals surface area contributed by atoms with Crippen molar-refractivity contribution >= 4 is 27.6 Å². The van der Waals surface area contributed by atoms with Crippen LogP contribution in [0.3, 0.4) is 0 Å². The normalized spacial score (nSPS) is 13.2.